The molecule has 0 spiro atoms. The van der Waals surface area contributed by atoms with Crippen LogP contribution in [0.1, 0.15) is 43.7 Å². The first-order valence-electron chi connectivity index (χ1n) is 6.67. The highest BCUT2D eigenvalue weighted by Gasteiger charge is 2.22. The Bertz CT molecular complexity index is 450. The number of likely N-dealkylation sites (tertiary alicyclic amines) is 1. The second kappa shape index (κ2) is 5.97. The third kappa shape index (κ3) is 2.70. The fraction of sp³-hybridized carbons (Fsp3) is 0.533. The summed E-state index contributed by atoms with van der Waals surface area (Å²) >= 11 is 0. The highest BCUT2D eigenvalue weighted by molar-refractivity contribution is 5.34. The molecule has 1 heterocycles. The maximum atomic E-state index is 14.0. The van der Waals surface area contributed by atoms with E-state index in [2.05, 4.69) is 11.8 Å². The summed E-state index contributed by atoms with van der Waals surface area (Å²) in [4.78, 5) is 2.35. The largest absolute Gasteiger partial charge is 0.296 e. The normalized spacial score (nSPS) is 20.6. The summed E-state index contributed by atoms with van der Waals surface area (Å²) in [6, 6.07) is 7.55. The van der Waals surface area contributed by atoms with E-state index < -0.39 is 0 Å². The minimum absolute atomic E-state index is 0.151. The van der Waals surface area contributed by atoms with E-state index in [1.165, 1.54) is 25.3 Å². The SMILES string of the molecule is CCC1CCCCN1Cc1cccc(C#N)c1F. The molecule has 1 aliphatic heterocycles. The van der Waals surface area contributed by atoms with Crippen LogP contribution in [-0.4, -0.2) is 17.5 Å². The van der Waals surface area contributed by atoms with Crippen LogP contribution < -0.4 is 0 Å². The minimum atomic E-state index is -0.347. The zero-order chi connectivity index (χ0) is 13.0. The number of halogens is 1. The Morgan fingerprint density at radius 3 is 3.00 bits per heavy atom. The number of rotatable bonds is 3. The van der Waals surface area contributed by atoms with E-state index in [0.29, 0.717) is 18.2 Å². The molecule has 0 bridgehead atoms. The topological polar surface area (TPSA) is 27.0 Å². The summed E-state index contributed by atoms with van der Waals surface area (Å²) in [5.41, 5.74) is 0.798. The summed E-state index contributed by atoms with van der Waals surface area (Å²) in [5, 5.41) is 8.84. The van der Waals surface area contributed by atoms with E-state index in [-0.39, 0.29) is 11.4 Å². The average Bonchev–Trinajstić information content (AvgIpc) is 2.42. The molecule has 0 amide bonds. The van der Waals surface area contributed by atoms with E-state index in [4.69, 9.17) is 5.26 Å². The number of hydrogen-bond donors (Lipinski definition) is 0. The Labute approximate surface area is 108 Å². The second-order valence-electron chi connectivity index (χ2n) is 4.92. The molecule has 1 fully saturated rings. The van der Waals surface area contributed by atoms with Gasteiger partial charge in [0.2, 0.25) is 0 Å². The average molecular weight is 246 g/mol. The van der Waals surface area contributed by atoms with Crippen molar-refractivity contribution in [1.82, 2.24) is 4.90 Å². The van der Waals surface area contributed by atoms with Crippen molar-refractivity contribution in [1.29, 1.82) is 5.26 Å². The monoisotopic (exact) mass is 246 g/mol. The molecule has 3 heteroatoms. The Kier molecular flexibility index (Phi) is 4.33. The molecule has 0 saturated carbocycles. The maximum absolute atomic E-state index is 14.0. The quantitative estimate of drug-likeness (QED) is 0.816. The van der Waals surface area contributed by atoms with Gasteiger partial charge in [-0.2, -0.15) is 5.26 Å². The van der Waals surface area contributed by atoms with Gasteiger partial charge < -0.3 is 0 Å². The van der Waals surface area contributed by atoms with Crippen molar-refractivity contribution >= 4 is 0 Å². The van der Waals surface area contributed by atoms with Crippen LogP contribution in [0.4, 0.5) is 4.39 Å². The standard InChI is InChI=1S/C15H19FN2/c1-2-14-8-3-4-9-18(14)11-13-7-5-6-12(10-17)15(13)16/h5-7,14H,2-4,8-9,11H2,1H3. The van der Waals surface area contributed by atoms with Crippen LogP contribution in [0.25, 0.3) is 0 Å². The highest BCUT2D eigenvalue weighted by Crippen LogP contribution is 2.23. The molecule has 0 aliphatic carbocycles. The molecular weight excluding hydrogens is 227 g/mol. The van der Waals surface area contributed by atoms with Gasteiger partial charge >= 0.3 is 0 Å². The van der Waals surface area contributed by atoms with E-state index in [1.54, 1.807) is 12.1 Å². The fourth-order valence-electron chi connectivity index (χ4n) is 2.74. The van der Waals surface area contributed by atoms with Gasteiger partial charge in [-0.25, -0.2) is 4.39 Å². The molecular formula is C15H19FN2. The molecule has 0 aromatic heterocycles. The number of piperidine rings is 1. The molecule has 2 nitrogen and oxygen atoms in total. The van der Waals surface area contributed by atoms with E-state index in [9.17, 15) is 4.39 Å². The number of nitriles is 1. The summed E-state index contributed by atoms with van der Waals surface area (Å²) in [7, 11) is 0. The molecule has 96 valence electrons. The van der Waals surface area contributed by atoms with Gasteiger partial charge in [-0.1, -0.05) is 25.5 Å². The number of hydrogen-bond acceptors (Lipinski definition) is 2. The van der Waals surface area contributed by atoms with E-state index >= 15 is 0 Å². The molecule has 0 N–H and O–H groups in total. The van der Waals surface area contributed by atoms with Crippen molar-refractivity contribution < 1.29 is 4.39 Å². The van der Waals surface area contributed by atoms with Crippen LogP contribution in [0.5, 0.6) is 0 Å². The second-order valence-corrected chi connectivity index (χ2v) is 4.92. The van der Waals surface area contributed by atoms with Crippen molar-refractivity contribution in [3.63, 3.8) is 0 Å². The first-order chi connectivity index (χ1) is 8.76. The lowest BCUT2D eigenvalue weighted by molar-refractivity contribution is 0.134. The zero-order valence-electron chi connectivity index (χ0n) is 10.8. The third-order valence-corrected chi connectivity index (χ3v) is 3.79. The van der Waals surface area contributed by atoms with Gasteiger partial charge in [0.05, 0.1) is 5.56 Å². The van der Waals surface area contributed by atoms with E-state index in [0.717, 1.165) is 13.0 Å². The predicted octanol–water partition coefficient (Wildman–Crippen LogP) is 3.46. The van der Waals surface area contributed by atoms with Gasteiger partial charge in [0.1, 0.15) is 11.9 Å². The van der Waals surface area contributed by atoms with E-state index in [1.807, 2.05) is 6.07 Å². The summed E-state index contributed by atoms with van der Waals surface area (Å²) < 4.78 is 14.0. The van der Waals surface area contributed by atoms with Crippen molar-refractivity contribution in [3.8, 4) is 6.07 Å². The lowest BCUT2D eigenvalue weighted by atomic mass is 9.99. The Balaban J connectivity index is 2.15. The maximum Gasteiger partial charge on any atom is 0.145 e. The minimum Gasteiger partial charge on any atom is -0.296 e. The summed E-state index contributed by atoms with van der Waals surface area (Å²) in [5.74, 6) is -0.347. The third-order valence-electron chi connectivity index (χ3n) is 3.79. The smallest absolute Gasteiger partial charge is 0.145 e. The van der Waals surface area contributed by atoms with Crippen LogP contribution in [0, 0.1) is 17.1 Å². The Hall–Kier alpha value is -1.40. The first-order valence-corrected chi connectivity index (χ1v) is 6.67. The van der Waals surface area contributed by atoms with Crippen molar-refractivity contribution in [3.05, 3.63) is 35.1 Å². The van der Waals surface area contributed by atoms with Crippen LogP contribution in [0.15, 0.2) is 18.2 Å². The molecule has 18 heavy (non-hydrogen) atoms. The molecule has 1 saturated heterocycles. The van der Waals surface area contributed by atoms with Gasteiger partial charge in [0, 0.05) is 18.2 Å². The molecule has 1 unspecified atom stereocenters. The van der Waals surface area contributed by atoms with Gasteiger partial charge in [-0.05, 0) is 31.9 Å². The summed E-state index contributed by atoms with van der Waals surface area (Å²) in [6.45, 7) is 3.85. The molecule has 1 aromatic rings. The lowest BCUT2D eigenvalue weighted by Gasteiger charge is -2.35. The van der Waals surface area contributed by atoms with Crippen LogP contribution >= 0.6 is 0 Å². The Morgan fingerprint density at radius 2 is 2.28 bits per heavy atom. The van der Waals surface area contributed by atoms with Gasteiger partial charge in [0.15, 0.2) is 0 Å². The van der Waals surface area contributed by atoms with Crippen molar-refractivity contribution in [2.24, 2.45) is 0 Å². The molecule has 1 aliphatic rings. The number of nitrogens with zero attached hydrogens (tertiary/aromatic N) is 2. The number of benzene rings is 1. The molecule has 1 aromatic carbocycles. The van der Waals surface area contributed by atoms with Crippen LogP contribution in [-0.2, 0) is 6.54 Å². The van der Waals surface area contributed by atoms with Gasteiger partial charge in [-0.15, -0.1) is 0 Å². The van der Waals surface area contributed by atoms with Crippen LogP contribution in [0.2, 0.25) is 0 Å². The molecule has 1 atom stereocenters. The highest BCUT2D eigenvalue weighted by atomic mass is 19.1. The van der Waals surface area contributed by atoms with Gasteiger partial charge in [-0.3, -0.25) is 4.90 Å². The predicted molar refractivity (Wildman–Crippen MR) is 69.5 cm³/mol. The zero-order valence-corrected chi connectivity index (χ0v) is 10.8. The molecule has 0 radical (unpaired) electrons. The molecule has 2 rings (SSSR count). The summed E-state index contributed by atoms with van der Waals surface area (Å²) in [6.07, 6.45) is 4.78. The van der Waals surface area contributed by atoms with Crippen molar-refractivity contribution in [2.75, 3.05) is 6.54 Å². The lowest BCUT2D eigenvalue weighted by Crippen LogP contribution is -2.38. The Morgan fingerprint density at radius 1 is 1.44 bits per heavy atom. The van der Waals surface area contributed by atoms with Crippen LogP contribution in [0.3, 0.4) is 0 Å². The fourth-order valence-corrected chi connectivity index (χ4v) is 2.74. The first kappa shape index (κ1) is 13.0. The van der Waals surface area contributed by atoms with Crippen molar-refractivity contribution in [2.45, 2.75) is 45.2 Å². The van der Waals surface area contributed by atoms with Gasteiger partial charge in [0.25, 0.3) is 0 Å².